The fraction of sp³-hybridized carbons (Fsp3) is 0.459. The molecule has 0 amide bonds. The summed E-state index contributed by atoms with van der Waals surface area (Å²) in [7, 11) is 0. The highest BCUT2D eigenvalue weighted by atomic mass is 16.5. The Bertz CT molecular complexity index is 1390. The molecule has 7 rings (SSSR count). The predicted molar refractivity (Wildman–Crippen MR) is 178 cm³/mol. The van der Waals surface area contributed by atoms with Crippen molar-refractivity contribution < 1.29 is 20.4 Å². The Labute approximate surface area is 263 Å². The highest BCUT2D eigenvalue weighted by Crippen LogP contribution is 2.51. The lowest BCUT2D eigenvalue weighted by atomic mass is 9.62. The van der Waals surface area contributed by atoms with Gasteiger partial charge in [-0.15, -0.1) is 5.10 Å². The lowest BCUT2D eigenvalue weighted by Gasteiger charge is -2.53. The minimum absolute atomic E-state index is 0. The number of hydrogen-bond acceptors (Lipinski definition) is 7. The molecule has 0 aromatic heterocycles. The summed E-state index contributed by atoms with van der Waals surface area (Å²) in [6.45, 7) is 11.5. The van der Waals surface area contributed by atoms with Crippen molar-refractivity contribution in [1.82, 2.24) is 5.43 Å². The Morgan fingerprint density at radius 3 is 2.18 bits per heavy atom. The number of benzene rings is 3. The zero-order valence-corrected chi connectivity index (χ0v) is 26.8. The average Bonchev–Trinajstić information content (AvgIpc) is 3.47. The molecular formula is C37H49N3O4. The number of carbonyl (C=O) groups is 1. The number of nitrogens with zero attached hydrogens (tertiary/aromatic N) is 1. The molecule has 4 aliphatic rings. The van der Waals surface area contributed by atoms with Crippen LogP contribution in [-0.2, 0) is 31.0 Å². The van der Waals surface area contributed by atoms with Crippen LogP contribution in [0.25, 0.3) is 11.1 Å². The second-order valence-corrected chi connectivity index (χ2v) is 13.2. The van der Waals surface area contributed by atoms with E-state index in [0.717, 1.165) is 54.8 Å². The Hall–Kier alpha value is -3.84. The van der Waals surface area contributed by atoms with Gasteiger partial charge in [-0.3, -0.25) is 10.2 Å². The molecular weight excluding hydrogens is 550 g/mol. The molecule has 2 saturated heterocycles. The van der Waals surface area contributed by atoms with E-state index in [0.29, 0.717) is 19.6 Å². The minimum Gasteiger partial charge on any atom is -0.461 e. The van der Waals surface area contributed by atoms with Crippen molar-refractivity contribution in [3.05, 3.63) is 90.0 Å². The molecule has 7 heteroatoms. The first-order chi connectivity index (χ1) is 21.2. The fourth-order valence-corrected chi connectivity index (χ4v) is 6.26. The minimum atomic E-state index is -0.384. The van der Waals surface area contributed by atoms with E-state index in [1.54, 1.807) is 0 Å². The van der Waals surface area contributed by atoms with Gasteiger partial charge in [0.15, 0.2) is 0 Å². The van der Waals surface area contributed by atoms with Crippen molar-refractivity contribution in [1.29, 1.82) is 0 Å². The van der Waals surface area contributed by atoms with Gasteiger partial charge in [0, 0.05) is 18.9 Å². The molecule has 1 atom stereocenters. The molecule has 3 aromatic rings. The number of hydrazone groups is 1. The SMILES string of the molecule is CC.CC(C)(C)CC1=NNC(Nc2ccc(-c3ccc(C45CCC(CC(=O)OCc6ccccc6)(CC4)OC5)cc3)cc2)O1.[HH]. The van der Waals surface area contributed by atoms with Crippen molar-refractivity contribution in [2.75, 3.05) is 11.9 Å². The summed E-state index contributed by atoms with van der Waals surface area (Å²) in [5.41, 5.74) is 8.40. The van der Waals surface area contributed by atoms with Crippen LogP contribution < -0.4 is 10.7 Å². The molecule has 1 unspecified atom stereocenters. The van der Waals surface area contributed by atoms with E-state index >= 15 is 0 Å². The Morgan fingerprint density at radius 2 is 1.59 bits per heavy atom. The number of rotatable bonds is 9. The van der Waals surface area contributed by atoms with Crippen LogP contribution in [0.3, 0.4) is 0 Å². The fourth-order valence-electron chi connectivity index (χ4n) is 6.26. The molecule has 44 heavy (non-hydrogen) atoms. The quantitative estimate of drug-likeness (QED) is 0.240. The van der Waals surface area contributed by atoms with Crippen LogP contribution in [0, 0.1) is 5.41 Å². The summed E-state index contributed by atoms with van der Waals surface area (Å²) in [6, 6.07) is 27.1. The molecule has 1 saturated carbocycles. The normalized spacial score (nSPS) is 23.8. The highest BCUT2D eigenvalue weighted by molar-refractivity contribution is 5.78. The first-order valence-corrected chi connectivity index (χ1v) is 16.0. The highest BCUT2D eigenvalue weighted by Gasteiger charge is 2.51. The Kier molecular flexibility index (Phi) is 9.64. The largest absolute Gasteiger partial charge is 0.461 e. The van der Waals surface area contributed by atoms with Crippen LogP contribution >= 0.6 is 0 Å². The van der Waals surface area contributed by atoms with Gasteiger partial charge in [-0.1, -0.05) is 101 Å². The molecule has 3 fully saturated rings. The summed E-state index contributed by atoms with van der Waals surface area (Å²) in [5, 5.41) is 7.66. The average molecular weight is 600 g/mol. The molecule has 3 aliphatic heterocycles. The van der Waals surface area contributed by atoms with Gasteiger partial charge in [0.25, 0.3) is 6.35 Å². The third-order valence-electron chi connectivity index (χ3n) is 8.74. The van der Waals surface area contributed by atoms with E-state index in [-0.39, 0.29) is 30.2 Å². The van der Waals surface area contributed by atoms with Gasteiger partial charge >= 0.3 is 5.97 Å². The Balaban J connectivity index is 0.00000151. The van der Waals surface area contributed by atoms with Gasteiger partial charge in [0.05, 0.1) is 18.6 Å². The first-order valence-electron chi connectivity index (χ1n) is 16.0. The van der Waals surface area contributed by atoms with Gasteiger partial charge in [0.1, 0.15) is 6.61 Å². The van der Waals surface area contributed by atoms with Gasteiger partial charge in [-0.25, -0.2) is 0 Å². The van der Waals surface area contributed by atoms with Crippen molar-refractivity contribution in [2.45, 2.75) is 97.1 Å². The number of nitrogens with one attached hydrogen (secondary N) is 2. The van der Waals surface area contributed by atoms with E-state index in [2.05, 4.69) is 85.1 Å². The van der Waals surface area contributed by atoms with E-state index in [4.69, 9.17) is 14.2 Å². The monoisotopic (exact) mass is 599 g/mol. The van der Waals surface area contributed by atoms with Crippen molar-refractivity contribution >= 4 is 17.6 Å². The van der Waals surface area contributed by atoms with Crippen LogP contribution in [0.5, 0.6) is 0 Å². The summed E-state index contributed by atoms with van der Waals surface area (Å²) >= 11 is 0. The maximum atomic E-state index is 12.6. The number of hydrogen-bond donors (Lipinski definition) is 2. The van der Waals surface area contributed by atoms with Crippen molar-refractivity contribution in [2.24, 2.45) is 10.5 Å². The lowest BCUT2D eigenvalue weighted by molar-refractivity contribution is -0.179. The van der Waals surface area contributed by atoms with E-state index in [1.807, 2.05) is 44.2 Å². The van der Waals surface area contributed by atoms with Crippen LogP contribution in [-0.4, -0.2) is 30.4 Å². The first kappa shape index (κ1) is 31.6. The standard InChI is InChI=1S/C35H41N3O4.C2H6.H2/c1-33(2,3)21-30-37-38-32(42-30)36-29-15-11-27(12-16-29)26-9-13-28(14-10-26)34-17-19-35(20-18-34,41-24-34)22-31(39)40-23-25-7-5-4-6-8-25;1-2;/h4-16,32,36,38H,17-24H2,1-3H3;1-2H3;1H. The summed E-state index contributed by atoms with van der Waals surface area (Å²) in [6.07, 6.45) is 4.56. The summed E-state index contributed by atoms with van der Waals surface area (Å²) in [5.74, 6) is 0.550. The molecule has 2 bridgehead atoms. The van der Waals surface area contributed by atoms with E-state index < -0.39 is 0 Å². The smallest absolute Gasteiger partial charge is 0.309 e. The van der Waals surface area contributed by atoms with Crippen LogP contribution in [0.4, 0.5) is 5.69 Å². The number of esters is 1. The summed E-state index contributed by atoms with van der Waals surface area (Å²) < 4.78 is 17.9. The lowest BCUT2D eigenvalue weighted by Crippen LogP contribution is -2.54. The molecule has 3 heterocycles. The molecule has 0 spiro atoms. The second kappa shape index (κ2) is 13.4. The van der Waals surface area contributed by atoms with Crippen LogP contribution in [0.15, 0.2) is 84.0 Å². The topological polar surface area (TPSA) is 81.2 Å². The maximum Gasteiger partial charge on any atom is 0.309 e. The molecule has 7 nitrogen and oxygen atoms in total. The predicted octanol–water partition coefficient (Wildman–Crippen LogP) is 8.41. The second-order valence-electron chi connectivity index (χ2n) is 13.2. The van der Waals surface area contributed by atoms with Gasteiger partial charge in [-0.05, 0) is 65.5 Å². The number of carbonyl (C=O) groups excluding carboxylic acids is 1. The molecule has 0 radical (unpaired) electrons. The maximum absolute atomic E-state index is 12.6. The van der Waals surface area contributed by atoms with Crippen molar-refractivity contribution in [3.63, 3.8) is 0 Å². The number of anilines is 1. The molecule has 3 aromatic carbocycles. The zero-order valence-electron chi connectivity index (χ0n) is 26.8. The zero-order chi connectivity index (χ0) is 31.2. The third-order valence-corrected chi connectivity index (χ3v) is 8.74. The van der Waals surface area contributed by atoms with Crippen LogP contribution in [0.1, 0.15) is 85.7 Å². The van der Waals surface area contributed by atoms with E-state index in [1.165, 1.54) is 11.1 Å². The molecule has 1 aliphatic carbocycles. The van der Waals surface area contributed by atoms with Gasteiger partial charge < -0.3 is 19.5 Å². The van der Waals surface area contributed by atoms with Crippen LogP contribution in [0.2, 0.25) is 0 Å². The Morgan fingerprint density at radius 1 is 0.955 bits per heavy atom. The molecule has 2 N–H and O–H groups in total. The number of fused-ring (bicyclic) bond motifs is 3. The van der Waals surface area contributed by atoms with Gasteiger partial charge in [-0.2, -0.15) is 0 Å². The van der Waals surface area contributed by atoms with Gasteiger partial charge in [0.2, 0.25) is 5.90 Å². The third kappa shape index (κ3) is 7.62. The van der Waals surface area contributed by atoms with Crippen molar-refractivity contribution in [3.8, 4) is 11.1 Å². The summed E-state index contributed by atoms with van der Waals surface area (Å²) in [4.78, 5) is 12.6. The number of ether oxygens (including phenoxy) is 3. The van der Waals surface area contributed by atoms with E-state index in [9.17, 15) is 4.79 Å². The molecule has 236 valence electrons.